The van der Waals surface area contributed by atoms with Crippen molar-refractivity contribution in [3.63, 3.8) is 0 Å². The van der Waals surface area contributed by atoms with Crippen LogP contribution in [0, 0.1) is 0 Å². The molecule has 2 unspecified atom stereocenters. The van der Waals surface area contributed by atoms with E-state index in [9.17, 15) is 43.9 Å². The van der Waals surface area contributed by atoms with Crippen molar-refractivity contribution < 1.29 is 53.4 Å². The first-order chi connectivity index (χ1) is 9.60. The summed E-state index contributed by atoms with van der Waals surface area (Å²) >= 11 is 0. The van der Waals surface area contributed by atoms with Gasteiger partial charge in [0, 0.05) is 0 Å². The smallest absolute Gasteiger partial charge is 0.251 e. The quantitative estimate of drug-likeness (QED) is 0.658. The molecular formula is C10H12F10O2. The third-order valence-electron chi connectivity index (χ3n) is 2.53. The average Bonchev–Trinajstić information content (AvgIpc) is 2.23. The Hall–Kier alpha value is -0.780. The maximum Gasteiger partial charge on any atom is 0.525 e. The van der Waals surface area contributed by atoms with E-state index in [4.69, 9.17) is 0 Å². The van der Waals surface area contributed by atoms with Gasteiger partial charge < -0.3 is 0 Å². The van der Waals surface area contributed by atoms with E-state index in [-0.39, 0.29) is 6.67 Å². The predicted molar refractivity (Wildman–Crippen MR) is 52.4 cm³/mol. The van der Waals surface area contributed by atoms with Gasteiger partial charge in [-0.2, -0.15) is 22.0 Å². The molecule has 0 bridgehead atoms. The summed E-state index contributed by atoms with van der Waals surface area (Å²) in [7, 11) is 0. The Morgan fingerprint density at radius 1 is 1.00 bits per heavy atom. The summed E-state index contributed by atoms with van der Waals surface area (Å²) in [5.74, 6) is -5.41. The highest BCUT2D eigenvalue weighted by molar-refractivity contribution is 5.04. The van der Waals surface area contributed by atoms with Crippen LogP contribution in [-0.4, -0.2) is 36.8 Å². The minimum atomic E-state index is -6.01. The van der Waals surface area contributed by atoms with Gasteiger partial charge in [0.15, 0.2) is 5.67 Å². The molecule has 1 rings (SSSR count). The fourth-order valence-electron chi connectivity index (χ4n) is 1.65. The molecule has 0 aromatic rings. The highest BCUT2D eigenvalue weighted by Gasteiger charge is 2.80. The zero-order chi connectivity index (χ0) is 18.0. The van der Waals surface area contributed by atoms with Gasteiger partial charge in [-0.15, -0.1) is 13.2 Å². The van der Waals surface area contributed by atoms with Crippen molar-refractivity contribution in [3.05, 3.63) is 0 Å². The zero-order valence-electron chi connectivity index (χ0n) is 11.2. The molecule has 1 fully saturated rings. The standard InChI is InChI=1S/C8H7F9O2.C2H5F/c1-2-4(9)3-5(10,11)18-7(13,14)6(4,12)19-8(15,16)17;1-2-3/h2-3H2,1H3;2H2,1H3. The van der Waals surface area contributed by atoms with Gasteiger partial charge in [-0.05, 0) is 13.3 Å². The largest absolute Gasteiger partial charge is 0.525 e. The molecule has 0 spiro atoms. The first-order valence-corrected chi connectivity index (χ1v) is 5.76. The molecule has 0 aromatic carbocycles. The molecule has 2 atom stereocenters. The second-order valence-electron chi connectivity index (χ2n) is 4.16. The number of hydrogen-bond acceptors (Lipinski definition) is 2. The predicted octanol–water partition coefficient (Wildman–Crippen LogP) is 4.89. The Morgan fingerprint density at radius 3 is 1.73 bits per heavy atom. The first-order valence-electron chi connectivity index (χ1n) is 5.76. The molecule has 0 aromatic heterocycles. The van der Waals surface area contributed by atoms with Crippen LogP contribution in [0.5, 0.6) is 0 Å². The van der Waals surface area contributed by atoms with Crippen molar-refractivity contribution in [3.8, 4) is 0 Å². The molecule has 22 heavy (non-hydrogen) atoms. The second kappa shape index (κ2) is 6.38. The SMILES string of the molecule is CCC1(F)CC(F)(F)OC(F)(F)C1(F)OC(F)(F)F.CCF. The third-order valence-corrected chi connectivity index (χ3v) is 2.53. The molecule has 0 N–H and O–H groups in total. The van der Waals surface area contributed by atoms with E-state index in [0.29, 0.717) is 6.92 Å². The fraction of sp³-hybridized carbons (Fsp3) is 1.00. The van der Waals surface area contributed by atoms with Gasteiger partial charge in [-0.3, -0.25) is 9.13 Å². The van der Waals surface area contributed by atoms with Crippen molar-refractivity contribution in [2.75, 3.05) is 6.67 Å². The van der Waals surface area contributed by atoms with Crippen molar-refractivity contribution in [2.45, 2.75) is 56.8 Å². The van der Waals surface area contributed by atoms with Crippen LogP contribution in [0.15, 0.2) is 0 Å². The summed E-state index contributed by atoms with van der Waals surface area (Å²) in [5.41, 5.74) is -4.28. The van der Waals surface area contributed by atoms with Gasteiger partial charge in [0.1, 0.15) is 0 Å². The maximum atomic E-state index is 13.8. The summed E-state index contributed by atoms with van der Waals surface area (Å²) in [5, 5.41) is 0. The molecule has 0 amide bonds. The van der Waals surface area contributed by atoms with Gasteiger partial charge in [-0.25, -0.2) is 9.13 Å². The monoisotopic (exact) mass is 354 g/mol. The van der Waals surface area contributed by atoms with Gasteiger partial charge in [0.2, 0.25) is 0 Å². The lowest BCUT2D eigenvalue weighted by Gasteiger charge is -2.47. The minimum absolute atomic E-state index is 0.250. The van der Waals surface area contributed by atoms with Crippen LogP contribution in [0.1, 0.15) is 26.7 Å². The van der Waals surface area contributed by atoms with Crippen LogP contribution in [0.25, 0.3) is 0 Å². The number of ether oxygens (including phenoxy) is 2. The third kappa shape index (κ3) is 4.37. The highest BCUT2D eigenvalue weighted by Crippen LogP contribution is 2.58. The molecule has 1 saturated heterocycles. The Balaban J connectivity index is 0.00000135. The average molecular weight is 354 g/mol. The van der Waals surface area contributed by atoms with Crippen LogP contribution < -0.4 is 0 Å². The van der Waals surface area contributed by atoms with E-state index in [0.717, 1.165) is 0 Å². The van der Waals surface area contributed by atoms with Crippen LogP contribution in [0.4, 0.5) is 43.9 Å². The van der Waals surface area contributed by atoms with Crippen molar-refractivity contribution in [1.29, 1.82) is 0 Å². The number of halogens is 10. The fourth-order valence-corrected chi connectivity index (χ4v) is 1.65. The summed E-state index contributed by atoms with van der Waals surface area (Å²) in [4.78, 5) is 0. The van der Waals surface area contributed by atoms with Crippen molar-refractivity contribution in [1.82, 2.24) is 0 Å². The highest BCUT2D eigenvalue weighted by atomic mass is 19.4. The first kappa shape index (κ1) is 21.2. The topological polar surface area (TPSA) is 18.5 Å². The molecule has 0 radical (unpaired) electrons. The molecule has 1 heterocycles. The normalized spacial score (nSPS) is 33.8. The molecule has 1 aliphatic rings. The Labute approximate surface area is 118 Å². The molecule has 0 saturated carbocycles. The van der Waals surface area contributed by atoms with Crippen molar-refractivity contribution in [2.24, 2.45) is 0 Å². The lowest BCUT2D eigenvalue weighted by atomic mass is 9.86. The van der Waals surface area contributed by atoms with Crippen LogP contribution in [0.3, 0.4) is 0 Å². The second-order valence-corrected chi connectivity index (χ2v) is 4.16. The van der Waals surface area contributed by atoms with Crippen LogP contribution in [0.2, 0.25) is 0 Å². The van der Waals surface area contributed by atoms with Crippen LogP contribution >= 0.6 is 0 Å². The van der Waals surface area contributed by atoms with E-state index in [1.54, 1.807) is 0 Å². The molecule has 1 aliphatic heterocycles. The van der Waals surface area contributed by atoms with E-state index in [2.05, 4.69) is 9.47 Å². The molecule has 134 valence electrons. The Morgan fingerprint density at radius 2 is 1.41 bits per heavy atom. The summed E-state index contributed by atoms with van der Waals surface area (Å²) < 4.78 is 130. The molecule has 2 nitrogen and oxygen atoms in total. The lowest BCUT2D eigenvalue weighted by molar-refractivity contribution is -0.545. The van der Waals surface area contributed by atoms with E-state index >= 15 is 0 Å². The van der Waals surface area contributed by atoms with E-state index < -0.39 is 42.9 Å². The van der Waals surface area contributed by atoms with Gasteiger partial charge in [0.25, 0.3) is 0 Å². The molecule has 0 aliphatic carbocycles. The summed E-state index contributed by atoms with van der Waals surface area (Å²) in [6.07, 6.45) is -20.4. The minimum Gasteiger partial charge on any atom is -0.251 e. The zero-order valence-corrected chi connectivity index (χ0v) is 11.2. The molecular weight excluding hydrogens is 342 g/mol. The Bertz CT molecular complexity index is 371. The van der Waals surface area contributed by atoms with E-state index in [1.165, 1.54) is 6.92 Å². The number of hydrogen-bond donors (Lipinski definition) is 0. The van der Waals surface area contributed by atoms with Gasteiger partial charge >= 0.3 is 24.4 Å². The summed E-state index contributed by atoms with van der Waals surface area (Å²) in [6, 6.07) is 0. The van der Waals surface area contributed by atoms with Crippen molar-refractivity contribution >= 4 is 0 Å². The van der Waals surface area contributed by atoms with E-state index in [1.807, 2.05) is 0 Å². The number of alkyl halides is 10. The summed E-state index contributed by atoms with van der Waals surface area (Å²) in [6.45, 7) is 1.82. The van der Waals surface area contributed by atoms with Gasteiger partial charge in [-0.1, -0.05) is 6.92 Å². The lowest BCUT2D eigenvalue weighted by Crippen LogP contribution is -2.69. The molecule has 12 heteroatoms. The number of rotatable bonds is 2. The van der Waals surface area contributed by atoms with Crippen LogP contribution in [-0.2, 0) is 9.47 Å². The van der Waals surface area contributed by atoms with Gasteiger partial charge in [0.05, 0.1) is 13.1 Å². The Kier molecular flexibility index (Phi) is 6.15. The maximum absolute atomic E-state index is 13.8.